The standard InChI is InChI=1S/C18H17FN2OS.C3H9N.C2H4O/c1-12-7-8-15(19)13(11-12)17-20-21(2)18(23-17)9-10-22-16-6-4-3-5-14(16)18;1-2-3-4;1-2-3/h3-8,11H,9-10H2,1-2H3;2-4H2,1H3;2H,1H3. The minimum Gasteiger partial charge on any atom is -0.493 e. The van der Waals surface area contributed by atoms with Crippen molar-refractivity contribution >= 4 is 23.1 Å². The van der Waals surface area contributed by atoms with Crippen molar-refractivity contribution in [3.8, 4) is 5.75 Å². The van der Waals surface area contributed by atoms with E-state index in [9.17, 15) is 4.39 Å². The van der Waals surface area contributed by atoms with Gasteiger partial charge in [0.25, 0.3) is 0 Å². The van der Waals surface area contributed by atoms with E-state index in [1.807, 2.05) is 43.2 Å². The van der Waals surface area contributed by atoms with Gasteiger partial charge in [-0.05, 0) is 45.0 Å². The van der Waals surface area contributed by atoms with E-state index in [0.29, 0.717) is 12.2 Å². The highest BCUT2D eigenvalue weighted by Crippen LogP contribution is 2.53. The van der Waals surface area contributed by atoms with Gasteiger partial charge >= 0.3 is 0 Å². The Kier molecular flexibility index (Phi) is 8.87. The predicted octanol–water partition coefficient (Wildman–Crippen LogP) is 4.67. The summed E-state index contributed by atoms with van der Waals surface area (Å²) in [6.45, 7) is 6.92. The fourth-order valence-electron chi connectivity index (χ4n) is 3.17. The molecule has 0 saturated carbocycles. The van der Waals surface area contributed by atoms with Gasteiger partial charge in [-0.3, -0.25) is 5.01 Å². The average Bonchev–Trinajstić information content (AvgIpc) is 3.07. The van der Waals surface area contributed by atoms with Gasteiger partial charge in [-0.15, -0.1) is 0 Å². The number of hydrogen-bond acceptors (Lipinski definition) is 6. The lowest BCUT2D eigenvalue weighted by atomic mass is 9.99. The molecule has 0 aromatic heterocycles. The molecular weight excluding hydrogens is 401 g/mol. The van der Waals surface area contributed by atoms with E-state index >= 15 is 0 Å². The van der Waals surface area contributed by atoms with Crippen LogP contribution in [0.5, 0.6) is 5.75 Å². The summed E-state index contributed by atoms with van der Waals surface area (Å²) in [6, 6.07) is 13.2. The van der Waals surface area contributed by atoms with Crippen LogP contribution in [0.4, 0.5) is 4.39 Å². The molecule has 0 fully saturated rings. The first-order valence-electron chi connectivity index (χ1n) is 10.0. The van der Waals surface area contributed by atoms with Crippen molar-refractivity contribution in [3.63, 3.8) is 0 Å². The number of aryl methyl sites for hydroxylation is 1. The Labute approximate surface area is 182 Å². The molecule has 0 radical (unpaired) electrons. The lowest BCUT2D eigenvalue weighted by molar-refractivity contribution is -0.106. The summed E-state index contributed by atoms with van der Waals surface area (Å²) in [7, 11) is 1.95. The number of para-hydroxylation sites is 1. The van der Waals surface area contributed by atoms with E-state index in [0.717, 1.165) is 47.6 Å². The Morgan fingerprint density at radius 3 is 2.67 bits per heavy atom. The largest absolute Gasteiger partial charge is 0.493 e. The van der Waals surface area contributed by atoms with E-state index in [-0.39, 0.29) is 10.7 Å². The van der Waals surface area contributed by atoms with Crippen LogP contribution in [-0.4, -0.2) is 36.5 Å². The molecule has 5 nitrogen and oxygen atoms in total. The van der Waals surface area contributed by atoms with Gasteiger partial charge in [-0.2, -0.15) is 5.10 Å². The molecule has 0 saturated heterocycles. The van der Waals surface area contributed by atoms with Crippen LogP contribution < -0.4 is 10.5 Å². The second-order valence-corrected chi connectivity index (χ2v) is 8.18. The van der Waals surface area contributed by atoms with Crippen LogP contribution >= 0.6 is 11.8 Å². The van der Waals surface area contributed by atoms with Crippen molar-refractivity contribution in [2.24, 2.45) is 10.8 Å². The molecule has 7 heteroatoms. The summed E-state index contributed by atoms with van der Waals surface area (Å²) in [4.78, 5) is 8.49. The van der Waals surface area contributed by atoms with E-state index in [1.165, 1.54) is 13.0 Å². The van der Waals surface area contributed by atoms with E-state index < -0.39 is 0 Å². The van der Waals surface area contributed by atoms with Crippen LogP contribution in [0.2, 0.25) is 0 Å². The number of aldehydes is 1. The molecule has 1 spiro atoms. The van der Waals surface area contributed by atoms with Gasteiger partial charge in [0.15, 0.2) is 0 Å². The van der Waals surface area contributed by atoms with E-state index in [1.54, 1.807) is 17.8 Å². The van der Waals surface area contributed by atoms with E-state index in [4.69, 9.17) is 15.3 Å². The predicted molar refractivity (Wildman–Crippen MR) is 122 cm³/mol. The number of halogens is 1. The molecule has 2 aromatic carbocycles. The van der Waals surface area contributed by atoms with Gasteiger partial charge in [0.2, 0.25) is 0 Å². The molecule has 162 valence electrons. The quantitative estimate of drug-likeness (QED) is 0.700. The van der Waals surface area contributed by atoms with Gasteiger partial charge < -0.3 is 15.3 Å². The normalized spacial score (nSPS) is 18.9. The van der Waals surface area contributed by atoms with Gasteiger partial charge in [-0.1, -0.05) is 48.5 Å². The lowest BCUT2D eigenvalue weighted by Crippen LogP contribution is -2.39. The van der Waals surface area contributed by atoms with Crippen molar-refractivity contribution < 1.29 is 13.9 Å². The van der Waals surface area contributed by atoms with Crippen LogP contribution in [0.15, 0.2) is 47.6 Å². The van der Waals surface area contributed by atoms with Crippen LogP contribution in [-0.2, 0) is 9.67 Å². The number of carbonyl (C=O) groups excluding carboxylic acids is 1. The molecule has 2 aliphatic heterocycles. The van der Waals surface area contributed by atoms with Crippen LogP contribution in [0, 0.1) is 12.7 Å². The lowest BCUT2D eigenvalue weighted by Gasteiger charge is -2.39. The summed E-state index contributed by atoms with van der Waals surface area (Å²) < 4.78 is 20.0. The van der Waals surface area contributed by atoms with Gasteiger partial charge in [0.05, 0.1) is 6.61 Å². The molecule has 4 rings (SSSR count). The van der Waals surface area contributed by atoms with Crippen LogP contribution in [0.1, 0.15) is 43.4 Å². The maximum absolute atomic E-state index is 14.3. The molecule has 30 heavy (non-hydrogen) atoms. The topological polar surface area (TPSA) is 67.9 Å². The third-order valence-corrected chi connectivity index (χ3v) is 6.20. The van der Waals surface area contributed by atoms with Crippen LogP contribution in [0.3, 0.4) is 0 Å². The molecule has 2 heterocycles. The Morgan fingerprint density at radius 2 is 2.00 bits per heavy atom. The van der Waals surface area contributed by atoms with Crippen molar-refractivity contribution in [3.05, 3.63) is 65.0 Å². The molecule has 1 atom stereocenters. The molecule has 2 aromatic rings. The smallest absolute Gasteiger partial charge is 0.140 e. The number of nitrogens with two attached hydrogens (primary N) is 1. The Morgan fingerprint density at radius 1 is 1.33 bits per heavy atom. The van der Waals surface area contributed by atoms with Crippen LogP contribution in [0.25, 0.3) is 0 Å². The summed E-state index contributed by atoms with van der Waals surface area (Å²) in [5.41, 5.74) is 7.73. The van der Waals surface area contributed by atoms with Gasteiger partial charge in [-0.25, -0.2) is 4.39 Å². The first-order chi connectivity index (χ1) is 14.4. The SMILES string of the molecule is CC=O.CCCN.Cc1ccc(F)c(C2=NN(C)C3(CCOc4ccccc43)S2)c1. The second-order valence-electron chi connectivity index (χ2n) is 6.92. The minimum absolute atomic E-state index is 0.229. The van der Waals surface area contributed by atoms with Gasteiger partial charge in [0, 0.05) is 24.6 Å². The molecule has 2 aliphatic rings. The minimum atomic E-state index is -0.319. The fraction of sp³-hybridized carbons (Fsp3) is 0.391. The second kappa shape index (κ2) is 11.1. The maximum atomic E-state index is 14.3. The summed E-state index contributed by atoms with van der Waals surface area (Å²) in [5.74, 6) is 0.659. The average molecular weight is 432 g/mol. The zero-order valence-electron chi connectivity index (χ0n) is 18.0. The van der Waals surface area contributed by atoms with E-state index in [2.05, 4.69) is 18.1 Å². The maximum Gasteiger partial charge on any atom is 0.140 e. The Balaban J connectivity index is 0.000000403. The zero-order valence-corrected chi connectivity index (χ0v) is 18.8. The number of ether oxygens (including phenoxy) is 1. The van der Waals surface area contributed by atoms with Crippen molar-refractivity contribution in [1.29, 1.82) is 0 Å². The highest BCUT2D eigenvalue weighted by Gasteiger charge is 2.47. The zero-order chi connectivity index (χ0) is 22.1. The van der Waals surface area contributed by atoms with Crippen molar-refractivity contribution in [2.75, 3.05) is 20.2 Å². The monoisotopic (exact) mass is 431 g/mol. The summed E-state index contributed by atoms with van der Waals surface area (Å²) in [5, 5.41) is 7.34. The molecule has 1 unspecified atom stereocenters. The molecule has 0 amide bonds. The number of carbonyl (C=O) groups is 1. The number of thioether (sulfide) groups is 1. The van der Waals surface area contributed by atoms with Gasteiger partial charge in [0.1, 0.15) is 27.8 Å². The number of hydrogen-bond donors (Lipinski definition) is 1. The molecular formula is C23H30FN3O2S. The summed E-state index contributed by atoms with van der Waals surface area (Å²) >= 11 is 1.62. The van der Waals surface area contributed by atoms with Crippen molar-refractivity contribution in [2.45, 2.75) is 38.5 Å². The molecule has 0 aliphatic carbocycles. The highest BCUT2D eigenvalue weighted by molar-refractivity contribution is 8.15. The van der Waals surface area contributed by atoms with Crippen molar-refractivity contribution in [1.82, 2.24) is 5.01 Å². The first kappa shape index (κ1) is 23.9. The number of rotatable bonds is 2. The summed E-state index contributed by atoms with van der Waals surface area (Å²) in [6.07, 6.45) is 2.66. The number of hydrazone groups is 1. The number of fused-ring (bicyclic) bond motifs is 2. The first-order valence-corrected chi connectivity index (χ1v) is 10.8. The Hall–Kier alpha value is -2.38. The number of benzene rings is 2. The highest BCUT2D eigenvalue weighted by atomic mass is 32.2. The third kappa shape index (κ3) is 5.21. The third-order valence-electron chi connectivity index (χ3n) is 4.68. The Bertz CT molecular complexity index is 889. The fourth-order valence-corrected chi connectivity index (χ4v) is 4.55. The molecule has 2 N–H and O–H groups in total. The number of nitrogens with zero attached hydrogens (tertiary/aromatic N) is 2. The molecule has 0 bridgehead atoms.